The predicted molar refractivity (Wildman–Crippen MR) is 137 cm³/mol. The van der Waals surface area contributed by atoms with Gasteiger partial charge in [-0.3, -0.25) is 0 Å². The molecule has 4 heteroatoms. The summed E-state index contributed by atoms with van der Waals surface area (Å²) in [4.78, 5) is 0. The van der Waals surface area contributed by atoms with Crippen LogP contribution in [0.2, 0.25) is 0 Å². The minimum absolute atomic E-state index is 0.0252. The van der Waals surface area contributed by atoms with Crippen LogP contribution >= 0.6 is 26.5 Å². The molecule has 2 atom stereocenters. The standard InChI is InChI=1S/C17H24P.C9H7.2ClH.Ti/c1-5-13(3)18(14(4)6-2)17-11-15-9-7-8-10-16(15)12-17;1-2-5-9-7-3-6-8(9)4-1;;;/h7-14H,5-6H2,1-4H3;1-7H;2*1H;/q2*-1;;;+2/p-2. The Morgan fingerprint density at radius 1 is 0.833 bits per heavy atom. The van der Waals surface area contributed by atoms with Crippen molar-refractivity contribution < 1.29 is 17.0 Å². The maximum atomic E-state index is 4.89. The molecule has 0 radical (unpaired) electrons. The molecule has 0 N–H and O–H groups in total. The zero-order valence-electron chi connectivity index (χ0n) is 18.3. The molecular weight excluding hydrogens is 462 g/mol. The van der Waals surface area contributed by atoms with Gasteiger partial charge >= 0.3 is 35.6 Å². The third-order valence-corrected chi connectivity index (χ3v) is 9.06. The predicted octanol–water partition coefficient (Wildman–Crippen LogP) is 9.20. The molecule has 160 valence electrons. The average molecular weight is 493 g/mol. The SMILES string of the molecule is CCC(C)P(c1cc2ccccc2[cH-]1)C(C)CC.[Cl][Ti][Cl].c1ccc2[cH-]ccc2c1. The quantitative estimate of drug-likeness (QED) is 0.148. The van der Waals surface area contributed by atoms with Crippen molar-refractivity contribution in [2.24, 2.45) is 0 Å². The molecule has 0 saturated carbocycles. The molecule has 4 aromatic carbocycles. The van der Waals surface area contributed by atoms with Crippen molar-refractivity contribution in [1.82, 2.24) is 0 Å². The summed E-state index contributed by atoms with van der Waals surface area (Å²) in [6.45, 7) is 9.50. The summed E-state index contributed by atoms with van der Waals surface area (Å²) >= 11 is -0.556. The van der Waals surface area contributed by atoms with Crippen molar-refractivity contribution in [2.45, 2.75) is 51.9 Å². The third-order valence-electron chi connectivity index (χ3n) is 5.58. The van der Waals surface area contributed by atoms with Gasteiger partial charge in [0.15, 0.2) is 0 Å². The first-order chi connectivity index (χ1) is 14.5. The summed E-state index contributed by atoms with van der Waals surface area (Å²) in [5.41, 5.74) is 1.65. The zero-order chi connectivity index (χ0) is 21.9. The van der Waals surface area contributed by atoms with Gasteiger partial charge in [-0.1, -0.05) is 47.7 Å². The molecular formula is C26H31Cl2PTi-2. The molecule has 0 aliphatic heterocycles. The van der Waals surface area contributed by atoms with Gasteiger partial charge in [0, 0.05) is 0 Å². The van der Waals surface area contributed by atoms with Crippen LogP contribution in [0.15, 0.2) is 78.9 Å². The van der Waals surface area contributed by atoms with Crippen LogP contribution in [0, 0.1) is 0 Å². The van der Waals surface area contributed by atoms with Crippen molar-refractivity contribution in [2.75, 3.05) is 0 Å². The molecule has 0 fully saturated rings. The fourth-order valence-corrected chi connectivity index (χ4v) is 6.94. The molecule has 0 heterocycles. The second-order valence-electron chi connectivity index (χ2n) is 7.49. The molecule has 4 aromatic rings. The van der Waals surface area contributed by atoms with E-state index in [4.69, 9.17) is 18.6 Å². The van der Waals surface area contributed by atoms with Gasteiger partial charge in [0.05, 0.1) is 0 Å². The summed E-state index contributed by atoms with van der Waals surface area (Å²) in [7, 11) is 9.75. The minimum Gasteiger partial charge on any atom is -0.168 e. The van der Waals surface area contributed by atoms with E-state index in [0.29, 0.717) is 0 Å². The molecule has 4 rings (SSSR count). The van der Waals surface area contributed by atoms with Crippen LogP contribution < -0.4 is 5.30 Å². The first-order valence-corrected chi connectivity index (χ1v) is 16.3. The van der Waals surface area contributed by atoms with Gasteiger partial charge in [-0.25, -0.2) is 0 Å². The molecule has 0 amide bonds. The first kappa shape index (κ1) is 25.6. The Hall–Kier alpha value is -0.616. The van der Waals surface area contributed by atoms with E-state index in [2.05, 4.69) is 107 Å². The van der Waals surface area contributed by atoms with Crippen molar-refractivity contribution in [3.05, 3.63) is 78.9 Å². The second kappa shape index (κ2) is 13.7. The Labute approximate surface area is 200 Å². The van der Waals surface area contributed by atoms with Crippen molar-refractivity contribution in [1.29, 1.82) is 0 Å². The number of halogens is 2. The van der Waals surface area contributed by atoms with E-state index in [1.165, 1.54) is 34.4 Å². The Morgan fingerprint density at radius 3 is 1.90 bits per heavy atom. The maximum absolute atomic E-state index is 4.89. The van der Waals surface area contributed by atoms with Crippen LogP contribution in [0.5, 0.6) is 0 Å². The summed E-state index contributed by atoms with van der Waals surface area (Å²) in [6.07, 6.45) is 2.58. The molecule has 0 aromatic heterocycles. The van der Waals surface area contributed by atoms with Gasteiger partial charge in [-0.15, -0.1) is 70.0 Å². The monoisotopic (exact) mass is 492 g/mol. The zero-order valence-corrected chi connectivity index (χ0v) is 22.2. The first-order valence-electron chi connectivity index (χ1n) is 10.6. The van der Waals surface area contributed by atoms with Gasteiger partial charge in [0.25, 0.3) is 0 Å². The maximum Gasteiger partial charge on any atom is -0.0809 e. The van der Waals surface area contributed by atoms with E-state index in [1.807, 2.05) is 0 Å². The molecule has 0 aliphatic rings. The summed E-state index contributed by atoms with van der Waals surface area (Å²) < 4.78 is 0. The molecule has 0 bridgehead atoms. The second-order valence-corrected chi connectivity index (χ2v) is 13.2. The van der Waals surface area contributed by atoms with E-state index in [1.54, 1.807) is 5.30 Å². The molecule has 0 nitrogen and oxygen atoms in total. The summed E-state index contributed by atoms with van der Waals surface area (Å²) in [5.74, 6) is 0. The van der Waals surface area contributed by atoms with Crippen molar-refractivity contribution >= 4 is 53.4 Å². The van der Waals surface area contributed by atoms with Crippen LogP contribution in [0.3, 0.4) is 0 Å². The normalized spacial score (nSPS) is 13.5. The van der Waals surface area contributed by atoms with E-state index in [0.717, 1.165) is 11.3 Å². The van der Waals surface area contributed by atoms with Crippen molar-refractivity contribution in [3.63, 3.8) is 0 Å². The summed E-state index contributed by atoms with van der Waals surface area (Å²) in [5, 5.41) is 7.09. The fourth-order valence-electron chi connectivity index (χ4n) is 3.69. The van der Waals surface area contributed by atoms with E-state index in [9.17, 15) is 0 Å². The molecule has 30 heavy (non-hydrogen) atoms. The fraction of sp³-hybridized carbons (Fsp3) is 0.308. The van der Waals surface area contributed by atoms with Crippen LogP contribution in [0.1, 0.15) is 40.5 Å². The smallest absolute Gasteiger partial charge is 0.0809 e. The Morgan fingerprint density at radius 2 is 1.37 bits per heavy atom. The van der Waals surface area contributed by atoms with Crippen molar-refractivity contribution in [3.8, 4) is 0 Å². The van der Waals surface area contributed by atoms with Crippen LogP contribution in [0.25, 0.3) is 21.5 Å². The molecule has 0 aliphatic carbocycles. The number of hydrogen-bond donors (Lipinski definition) is 0. The van der Waals surface area contributed by atoms with Crippen LogP contribution in [-0.2, 0) is 17.0 Å². The largest absolute Gasteiger partial charge is 0.168 e. The Bertz CT molecular complexity index is 917. The number of benzene rings is 2. The van der Waals surface area contributed by atoms with E-state index in [-0.39, 0.29) is 7.92 Å². The average Bonchev–Trinajstić information content (AvgIpc) is 3.41. The van der Waals surface area contributed by atoms with Crippen LogP contribution in [-0.4, -0.2) is 11.3 Å². The Kier molecular flexibility index (Phi) is 11.7. The molecule has 0 spiro atoms. The van der Waals surface area contributed by atoms with Gasteiger partial charge in [-0.2, -0.15) is 23.6 Å². The van der Waals surface area contributed by atoms with Gasteiger partial charge in [0.2, 0.25) is 0 Å². The topological polar surface area (TPSA) is 0 Å². The third kappa shape index (κ3) is 7.22. The van der Waals surface area contributed by atoms with Gasteiger partial charge in [0.1, 0.15) is 0 Å². The van der Waals surface area contributed by atoms with Crippen LogP contribution in [0.4, 0.5) is 0 Å². The molecule has 0 saturated heterocycles. The van der Waals surface area contributed by atoms with E-state index < -0.39 is 17.0 Å². The molecule has 2 unspecified atom stereocenters. The minimum atomic E-state index is -0.556. The Balaban J connectivity index is 0.000000220. The van der Waals surface area contributed by atoms with Gasteiger partial charge < -0.3 is 0 Å². The number of fused-ring (bicyclic) bond motifs is 2. The number of hydrogen-bond acceptors (Lipinski definition) is 0. The van der Waals surface area contributed by atoms with Gasteiger partial charge in [-0.05, 0) is 24.2 Å². The van der Waals surface area contributed by atoms with E-state index >= 15 is 0 Å². The summed E-state index contributed by atoms with van der Waals surface area (Å²) in [6, 6.07) is 28.3. The number of rotatable bonds is 5.